The first-order valence-electron chi connectivity index (χ1n) is 17.9. The molecule has 4 aliphatic rings. The van der Waals surface area contributed by atoms with Gasteiger partial charge < -0.3 is 9.84 Å². The van der Waals surface area contributed by atoms with Gasteiger partial charge in [-0.1, -0.05) is 34.9 Å². The molecular formula is C41H32Br2Cl2N4O6S. The van der Waals surface area contributed by atoms with Crippen LogP contribution in [0.4, 0.5) is 11.5 Å². The number of methoxy groups -OCH3 is 1. The minimum atomic E-state index is -1.35. The summed E-state index contributed by atoms with van der Waals surface area (Å²) in [6.07, 6.45) is 2.42. The summed E-state index contributed by atoms with van der Waals surface area (Å²) in [6, 6.07) is 15.7. The second kappa shape index (κ2) is 13.3. The van der Waals surface area contributed by atoms with Gasteiger partial charge in [0.05, 0.1) is 45.3 Å². The average molecular weight is 940 g/mol. The van der Waals surface area contributed by atoms with Crippen LogP contribution in [0.1, 0.15) is 36.8 Å². The lowest BCUT2D eigenvalue weighted by Gasteiger charge is -2.49. The van der Waals surface area contributed by atoms with Crippen LogP contribution in [0.2, 0.25) is 10.0 Å². The molecule has 4 amide bonds. The van der Waals surface area contributed by atoms with Gasteiger partial charge in [0.25, 0.3) is 0 Å². The number of phenols is 1. The van der Waals surface area contributed by atoms with Crippen LogP contribution < -0.4 is 14.5 Å². The third kappa shape index (κ3) is 5.19. The Bertz CT molecular complexity index is 2620. The lowest BCUT2D eigenvalue weighted by Crippen LogP contribution is -2.49. The lowest BCUT2D eigenvalue weighted by molar-refractivity contribution is -0.131. The first-order valence-corrected chi connectivity index (χ1v) is 21.0. The van der Waals surface area contributed by atoms with Gasteiger partial charge in [-0.15, -0.1) is 11.3 Å². The van der Waals surface area contributed by atoms with E-state index in [1.807, 2.05) is 38.1 Å². The molecular weight excluding hydrogens is 907 g/mol. The number of ether oxygens (including phenoxy) is 1. The third-order valence-electron chi connectivity index (χ3n) is 12.3. The van der Waals surface area contributed by atoms with Crippen molar-refractivity contribution in [3.05, 3.63) is 96.4 Å². The van der Waals surface area contributed by atoms with Crippen LogP contribution in [0.3, 0.4) is 0 Å². The third-order valence-corrected chi connectivity index (χ3v) is 16.2. The van der Waals surface area contributed by atoms with E-state index in [9.17, 15) is 14.7 Å². The molecule has 6 atom stereocenters. The van der Waals surface area contributed by atoms with Crippen molar-refractivity contribution in [1.82, 2.24) is 9.78 Å². The molecule has 3 aromatic carbocycles. The number of nitrogens with zero attached hydrogens (tertiary/aromatic N) is 4. The number of carbonyl (C=O) groups is 4. The molecule has 0 bridgehead atoms. The SMILES string of the molecule is COc1cc([C@H]2C3=CC[C@@H]4C(=O)N(c5ccc(Cl)cc5)C(=O)[C@@H]4[C@@H]3C[C@H]3C(=O)N(c4cc(-c5sc6ccc(Cl)cc6c5C)nn4C)C(=O)[C@@]23C)c(Br)c(Br)c1O. The van der Waals surface area contributed by atoms with E-state index in [4.69, 9.17) is 33.0 Å². The number of carbonyl (C=O) groups excluding carboxylic acids is 4. The van der Waals surface area contributed by atoms with E-state index in [1.165, 1.54) is 16.9 Å². The molecule has 2 aliphatic carbocycles. The largest absolute Gasteiger partial charge is 0.503 e. The highest BCUT2D eigenvalue weighted by Crippen LogP contribution is 2.65. The van der Waals surface area contributed by atoms with Crippen LogP contribution in [-0.2, 0) is 26.2 Å². The smallest absolute Gasteiger partial charge is 0.242 e. The van der Waals surface area contributed by atoms with E-state index >= 15 is 9.59 Å². The highest BCUT2D eigenvalue weighted by atomic mass is 79.9. The normalized spacial score (nSPS) is 25.9. The number of benzene rings is 3. The second-order valence-corrected chi connectivity index (χ2v) is 18.5. The van der Waals surface area contributed by atoms with Crippen molar-refractivity contribution in [3.8, 4) is 22.1 Å². The van der Waals surface area contributed by atoms with E-state index < -0.39 is 46.8 Å². The first kappa shape index (κ1) is 37.6. The Labute approximate surface area is 352 Å². The van der Waals surface area contributed by atoms with Gasteiger partial charge in [-0.05, 0) is 130 Å². The van der Waals surface area contributed by atoms with E-state index in [0.29, 0.717) is 41.8 Å². The van der Waals surface area contributed by atoms with E-state index in [0.717, 1.165) is 26.1 Å². The Morgan fingerprint density at radius 1 is 0.929 bits per heavy atom. The number of aromatic nitrogens is 2. The summed E-state index contributed by atoms with van der Waals surface area (Å²) in [4.78, 5) is 62.2. The van der Waals surface area contributed by atoms with Gasteiger partial charge in [0.2, 0.25) is 23.6 Å². The number of hydrogen-bond donors (Lipinski definition) is 1. The number of phenolic OH excluding ortho intramolecular Hbond substituents is 1. The summed E-state index contributed by atoms with van der Waals surface area (Å²) >= 11 is 21.2. The average Bonchev–Trinajstić information content (AvgIpc) is 3.85. The summed E-state index contributed by atoms with van der Waals surface area (Å²) in [5, 5.41) is 17.9. The van der Waals surface area contributed by atoms with Crippen molar-refractivity contribution in [3.63, 3.8) is 0 Å². The molecule has 1 N–H and O–H groups in total. The van der Waals surface area contributed by atoms with Gasteiger partial charge in [0.15, 0.2) is 11.5 Å². The molecule has 5 aromatic rings. The summed E-state index contributed by atoms with van der Waals surface area (Å²) in [6.45, 7) is 3.81. The maximum Gasteiger partial charge on any atom is 0.242 e. The number of amides is 4. The number of hydrogen-bond acceptors (Lipinski definition) is 8. The highest BCUT2D eigenvalue weighted by Gasteiger charge is 2.68. The molecule has 4 heterocycles. The summed E-state index contributed by atoms with van der Waals surface area (Å²) in [5.74, 6) is -4.76. The minimum Gasteiger partial charge on any atom is -0.503 e. The van der Waals surface area contributed by atoms with Crippen molar-refractivity contribution in [2.45, 2.75) is 32.6 Å². The highest BCUT2D eigenvalue weighted by molar-refractivity contribution is 9.13. The quantitative estimate of drug-likeness (QED) is 0.138. The maximum absolute atomic E-state index is 15.3. The predicted octanol–water partition coefficient (Wildman–Crippen LogP) is 9.59. The van der Waals surface area contributed by atoms with Gasteiger partial charge in [-0.3, -0.25) is 28.8 Å². The number of rotatable bonds is 5. The maximum atomic E-state index is 15.3. The van der Waals surface area contributed by atoms with Crippen LogP contribution in [0, 0.1) is 36.0 Å². The van der Waals surface area contributed by atoms with Crippen molar-refractivity contribution < 1.29 is 29.0 Å². The van der Waals surface area contributed by atoms with Gasteiger partial charge in [0.1, 0.15) is 11.5 Å². The number of anilines is 2. The van der Waals surface area contributed by atoms with Crippen molar-refractivity contribution in [2.24, 2.45) is 36.1 Å². The molecule has 2 saturated heterocycles. The molecule has 3 fully saturated rings. The Balaban J connectivity index is 1.19. The first-order chi connectivity index (χ1) is 26.7. The predicted molar refractivity (Wildman–Crippen MR) is 222 cm³/mol. The standard InChI is InChI=1S/C41H32Br2Cl2N4O6S/c1-17-23-13-19(45)7-12-29(23)56-36(17)27-16-30(47(3)46-27)49-38(52)26-14-24-21(10-11-22-31(24)39(53)48(37(22)51)20-8-5-18(44)6-9-20)32(41(26,2)40(49)54)25-15-28(55-4)35(50)34(43)33(25)42/h5-10,12-13,15-16,22,24,26,31-32,50H,11,14H2,1-4H3/t22-,24+,26-,31-,32+,41+/m0/s1. The van der Waals surface area contributed by atoms with Crippen LogP contribution in [-0.4, -0.2) is 45.6 Å². The van der Waals surface area contributed by atoms with E-state index in [2.05, 4.69) is 31.9 Å². The number of aryl methyl sites for hydroxylation is 2. The van der Waals surface area contributed by atoms with Crippen LogP contribution >= 0.6 is 66.4 Å². The number of halogens is 4. The molecule has 0 unspecified atom stereocenters. The lowest BCUT2D eigenvalue weighted by atomic mass is 9.51. The van der Waals surface area contributed by atoms with Crippen molar-refractivity contribution in [2.75, 3.05) is 16.9 Å². The molecule has 286 valence electrons. The zero-order valence-corrected chi connectivity index (χ0v) is 35.8. The number of thiophene rings is 1. The van der Waals surface area contributed by atoms with Crippen molar-refractivity contribution >= 4 is 112 Å². The van der Waals surface area contributed by atoms with Crippen LogP contribution in [0.25, 0.3) is 20.7 Å². The molecule has 56 heavy (non-hydrogen) atoms. The molecule has 1 saturated carbocycles. The molecule has 0 spiro atoms. The molecule has 2 aromatic heterocycles. The Morgan fingerprint density at radius 3 is 2.36 bits per heavy atom. The van der Waals surface area contributed by atoms with Crippen molar-refractivity contribution in [1.29, 1.82) is 0 Å². The van der Waals surface area contributed by atoms with Gasteiger partial charge >= 0.3 is 0 Å². The molecule has 2 aliphatic heterocycles. The fraction of sp³-hybridized carbons (Fsp3) is 0.293. The molecule has 15 heteroatoms. The second-order valence-electron chi connectivity index (χ2n) is 15.0. The fourth-order valence-corrected chi connectivity index (χ4v) is 12.0. The number of aromatic hydroxyl groups is 1. The van der Waals surface area contributed by atoms with E-state index in [-0.39, 0.29) is 36.2 Å². The number of allylic oxidation sites excluding steroid dienone is 2. The molecule has 0 radical (unpaired) electrons. The summed E-state index contributed by atoms with van der Waals surface area (Å²) in [7, 11) is 3.14. The number of imide groups is 2. The zero-order chi connectivity index (χ0) is 39.7. The van der Waals surface area contributed by atoms with E-state index in [1.54, 1.807) is 59.5 Å². The van der Waals surface area contributed by atoms with Crippen LogP contribution in [0.5, 0.6) is 11.5 Å². The van der Waals surface area contributed by atoms with Gasteiger partial charge in [-0.2, -0.15) is 5.10 Å². The van der Waals surface area contributed by atoms with Gasteiger partial charge in [0, 0.05) is 38.2 Å². The Kier molecular flexibility index (Phi) is 8.90. The van der Waals surface area contributed by atoms with Gasteiger partial charge in [-0.25, -0.2) is 4.90 Å². The number of fused-ring (bicyclic) bond motifs is 5. The molecule has 10 nitrogen and oxygen atoms in total. The Hall–Kier alpha value is -4.01. The summed E-state index contributed by atoms with van der Waals surface area (Å²) in [5.41, 5.74) is 2.05. The zero-order valence-electron chi connectivity index (χ0n) is 30.3. The summed E-state index contributed by atoms with van der Waals surface area (Å²) < 4.78 is 8.97. The Morgan fingerprint density at radius 2 is 1.64 bits per heavy atom. The molecule has 9 rings (SSSR count). The fourth-order valence-electron chi connectivity index (χ4n) is 9.62. The minimum absolute atomic E-state index is 0.137. The van der Waals surface area contributed by atoms with Crippen LogP contribution in [0.15, 0.2) is 75.2 Å². The topological polar surface area (TPSA) is 122 Å². The monoisotopic (exact) mass is 936 g/mol.